The lowest BCUT2D eigenvalue weighted by Gasteiger charge is -2.36. The topological polar surface area (TPSA) is 41.6 Å². The van der Waals surface area contributed by atoms with E-state index in [1.807, 2.05) is 17.9 Å². The van der Waals surface area contributed by atoms with Crippen LogP contribution in [0.5, 0.6) is 0 Å². The SMILES string of the molecule is CC(C)C1CCC(C#N)(CCc2ccnn2C)CC1. The molecule has 0 unspecified atom stereocenters. The third-order valence-electron chi connectivity index (χ3n) is 4.95. The number of hydrogen-bond donors (Lipinski definition) is 0. The summed E-state index contributed by atoms with van der Waals surface area (Å²) in [7, 11) is 1.98. The number of rotatable bonds is 4. The third-order valence-corrected chi connectivity index (χ3v) is 4.95. The van der Waals surface area contributed by atoms with Crippen LogP contribution in [0.15, 0.2) is 12.3 Å². The molecule has 1 aliphatic carbocycles. The van der Waals surface area contributed by atoms with Crippen LogP contribution >= 0.6 is 0 Å². The molecule has 0 amide bonds. The van der Waals surface area contributed by atoms with Crippen molar-refractivity contribution in [3.05, 3.63) is 18.0 Å². The van der Waals surface area contributed by atoms with Crippen LogP contribution in [-0.4, -0.2) is 9.78 Å². The minimum atomic E-state index is -0.0876. The highest BCUT2D eigenvalue weighted by Gasteiger charge is 2.36. The Morgan fingerprint density at radius 3 is 2.63 bits per heavy atom. The maximum absolute atomic E-state index is 9.59. The normalized spacial score (nSPS) is 27.4. The Bertz CT molecular complexity index is 445. The average molecular weight is 259 g/mol. The molecule has 1 aliphatic rings. The average Bonchev–Trinajstić information content (AvgIpc) is 2.82. The van der Waals surface area contributed by atoms with Crippen LogP contribution in [0.1, 0.15) is 51.6 Å². The first-order chi connectivity index (χ1) is 9.06. The molecule has 1 saturated carbocycles. The van der Waals surface area contributed by atoms with Crippen molar-refractivity contribution in [3.8, 4) is 6.07 Å². The number of aromatic nitrogens is 2. The first kappa shape index (κ1) is 14.1. The summed E-state index contributed by atoms with van der Waals surface area (Å²) in [5, 5.41) is 13.8. The Balaban J connectivity index is 1.94. The van der Waals surface area contributed by atoms with Crippen molar-refractivity contribution in [1.29, 1.82) is 5.26 Å². The molecule has 0 bridgehead atoms. The van der Waals surface area contributed by atoms with Gasteiger partial charge in [0.1, 0.15) is 0 Å². The lowest BCUT2D eigenvalue weighted by molar-refractivity contribution is 0.166. The second-order valence-electron chi connectivity index (χ2n) is 6.42. The third kappa shape index (κ3) is 3.18. The van der Waals surface area contributed by atoms with Crippen molar-refractivity contribution in [2.45, 2.75) is 52.4 Å². The zero-order chi connectivity index (χ0) is 13.9. The second kappa shape index (κ2) is 5.77. The van der Waals surface area contributed by atoms with E-state index in [0.717, 1.165) is 37.5 Å². The molecule has 1 aromatic heterocycles. The van der Waals surface area contributed by atoms with Gasteiger partial charge in [-0.15, -0.1) is 0 Å². The summed E-state index contributed by atoms with van der Waals surface area (Å²) in [4.78, 5) is 0. The molecule has 19 heavy (non-hydrogen) atoms. The summed E-state index contributed by atoms with van der Waals surface area (Å²) < 4.78 is 1.92. The molecule has 3 heteroatoms. The minimum absolute atomic E-state index is 0.0876. The lowest BCUT2D eigenvalue weighted by atomic mass is 9.67. The molecule has 104 valence electrons. The summed E-state index contributed by atoms with van der Waals surface area (Å²) in [5.41, 5.74) is 1.15. The van der Waals surface area contributed by atoms with Crippen molar-refractivity contribution in [2.75, 3.05) is 0 Å². The van der Waals surface area contributed by atoms with E-state index in [1.54, 1.807) is 0 Å². The van der Waals surface area contributed by atoms with Gasteiger partial charge in [-0.25, -0.2) is 0 Å². The molecule has 1 aromatic rings. The van der Waals surface area contributed by atoms with Gasteiger partial charge in [0, 0.05) is 18.9 Å². The van der Waals surface area contributed by atoms with E-state index in [9.17, 15) is 5.26 Å². The van der Waals surface area contributed by atoms with E-state index in [2.05, 4.69) is 31.1 Å². The molecule has 3 nitrogen and oxygen atoms in total. The predicted molar refractivity (Wildman–Crippen MR) is 76.4 cm³/mol. The van der Waals surface area contributed by atoms with Gasteiger partial charge in [0.25, 0.3) is 0 Å². The van der Waals surface area contributed by atoms with Crippen LogP contribution in [-0.2, 0) is 13.5 Å². The molecular formula is C16H25N3. The highest BCUT2D eigenvalue weighted by atomic mass is 15.2. The molecule has 0 saturated heterocycles. The first-order valence-electron chi connectivity index (χ1n) is 7.44. The van der Waals surface area contributed by atoms with Crippen molar-refractivity contribution in [3.63, 3.8) is 0 Å². The summed E-state index contributed by atoms with van der Waals surface area (Å²) in [6.07, 6.45) is 8.37. The number of nitrogens with zero attached hydrogens (tertiary/aromatic N) is 3. The Kier molecular flexibility index (Phi) is 4.29. The first-order valence-corrected chi connectivity index (χ1v) is 7.44. The van der Waals surface area contributed by atoms with Crippen molar-refractivity contribution < 1.29 is 0 Å². The van der Waals surface area contributed by atoms with E-state index >= 15 is 0 Å². The maximum atomic E-state index is 9.59. The minimum Gasteiger partial charge on any atom is -0.273 e. The summed E-state index contributed by atoms with van der Waals surface area (Å²) in [6, 6.07) is 4.69. The number of nitriles is 1. The zero-order valence-electron chi connectivity index (χ0n) is 12.4. The Hall–Kier alpha value is -1.30. The van der Waals surface area contributed by atoms with Gasteiger partial charge in [0.05, 0.1) is 11.5 Å². The van der Waals surface area contributed by atoms with Crippen LogP contribution in [0.4, 0.5) is 0 Å². The fraction of sp³-hybridized carbons (Fsp3) is 0.750. The zero-order valence-corrected chi connectivity index (χ0v) is 12.4. The standard InChI is InChI=1S/C16H25N3/c1-13(2)14-4-8-16(12-17,9-5-14)10-6-15-7-11-18-19(15)3/h7,11,13-14H,4-6,8-10H2,1-3H3. The van der Waals surface area contributed by atoms with Crippen LogP contribution < -0.4 is 0 Å². The van der Waals surface area contributed by atoms with Crippen molar-refractivity contribution in [1.82, 2.24) is 9.78 Å². The van der Waals surface area contributed by atoms with Gasteiger partial charge in [0.2, 0.25) is 0 Å². The molecule has 0 aromatic carbocycles. The molecule has 2 rings (SSSR count). The van der Waals surface area contributed by atoms with Gasteiger partial charge >= 0.3 is 0 Å². The molecule has 1 fully saturated rings. The van der Waals surface area contributed by atoms with Crippen molar-refractivity contribution >= 4 is 0 Å². The van der Waals surface area contributed by atoms with E-state index in [1.165, 1.54) is 18.5 Å². The molecule has 0 spiro atoms. The van der Waals surface area contributed by atoms with Crippen LogP contribution in [0, 0.1) is 28.6 Å². The fourth-order valence-electron chi connectivity index (χ4n) is 3.29. The largest absolute Gasteiger partial charge is 0.273 e. The van der Waals surface area contributed by atoms with Crippen LogP contribution in [0.2, 0.25) is 0 Å². The Morgan fingerprint density at radius 2 is 2.16 bits per heavy atom. The number of aryl methyl sites for hydroxylation is 2. The molecule has 1 heterocycles. The maximum Gasteiger partial charge on any atom is 0.0689 e. The Labute approximate surface area is 116 Å². The van der Waals surface area contributed by atoms with Gasteiger partial charge in [-0.3, -0.25) is 4.68 Å². The van der Waals surface area contributed by atoms with Crippen LogP contribution in [0.25, 0.3) is 0 Å². The van der Waals surface area contributed by atoms with Gasteiger partial charge in [0.15, 0.2) is 0 Å². The molecule has 0 radical (unpaired) electrons. The van der Waals surface area contributed by atoms with Gasteiger partial charge < -0.3 is 0 Å². The van der Waals surface area contributed by atoms with E-state index < -0.39 is 0 Å². The molecule has 0 aliphatic heterocycles. The lowest BCUT2D eigenvalue weighted by Crippen LogP contribution is -2.28. The van der Waals surface area contributed by atoms with E-state index in [0.29, 0.717) is 0 Å². The highest BCUT2D eigenvalue weighted by molar-refractivity contribution is 5.06. The quantitative estimate of drug-likeness (QED) is 0.827. The van der Waals surface area contributed by atoms with Crippen molar-refractivity contribution in [2.24, 2.45) is 24.3 Å². The van der Waals surface area contributed by atoms with Gasteiger partial charge in [-0.1, -0.05) is 13.8 Å². The van der Waals surface area contributed by atoms with Gasteiger partial charge in [-0.05, 0) is 56.4 Å². The van der Waals surface area contributed by atoms with Gasteiger partial charge in [-0.2, -0.15) is 10.4 Å². The van der Waals surface area contributed by atoms with E-state index in [4.69, 9.17) is 0 Å². The summed E-state index contributed by atoms with van der Waals surface area (Å²) >= 11 is 0. The molecule has 0 N–H and O–H groups in total. The second-order valence-corrected chi connectivity index (χ2v) is 6.42. The smallest absolute Gasteiger partial charge is 0.0689 e. The molecular weight excluding hydrogens is 234 g/mol. The monoisotopic (exact) mass is 259 g/mol. The predicted octanol–water partition coefficient (Wildman–Crippen LogP) is 3.71. The Morgan fingerprint density at radius 1 is 1.47 bits per heavy atom. The summed E-state index contributed by atoms with van der Waals surface area (Å²) in [5.74, 6) is 1.58. The highest BCUT2D eigenvalue weighted by Crippen LogP contribution is 2.43. The molecule has 0 atom stereocenters. The van der Waals surface area contributed by atoms with E-state index in [-0.39, 0.29) is 5.41 Å². The number of hydrogen-bond acceptors (Lipinski definition) is 2. The summed E-state index contributed by atoms with van der Waals surface area (Å²) in [6.45, 7) is 4.61. The fourth-order valence-corrected chi connectivity index (χ4v) is 3.29. The van der Waals surface area contributed by atoms with Crippen LogP contribution in [0.3, 0.4) is 0 Å².